The molecule has 3 aromatic carbocycles. The maximum Gasteiger partial charge on any atom is 0.243 e. The molecule has 0 bridgehead atoms. The summed E-state index contributed by atoms with van der Waals surface area (Å²) < 4.78 is 30.7. The van der Waals surface area contributed by atoms with Gasteiger partial charge in [0.25, 0.3) is 0 Å². The maximum absolute atomic E-state index is 13.5. The Labute approximate surface area is 209 Å². The lowest BCUT2D eigenvalue weighted by atomic mass is 10.0. The van der Waals surface area contributed by atoms with Crippen molar-refractivity contribution in [3.63, 3.8) is 0 Å². The Hall–Kier alpha value is -3.79. The van der Waals surface area contributed by atoms with Crippen LogP contribution in [0.2, 0.25) is 0 Å². The van der Waals surface area contributed by atoms with E-state index in [-0.39, 0.29) is 4.90 Å². The fourth-order valence-electron chi connectivity index (χ4n) is 4.84. The molecule has 0 aliphatic carbocycles. The summed E-state index contributed by atoms with van der Waals surface area (Å²) in [6, 6.07) is 19.0. The van der Waals surface area contributed by atoms with E-state index in [1.807, 2.05) is 31.4 Å². The van der Waals surface area contributed by atoms with Crippen molar-refractivity contribution in [3.8, 4) is 22.4 Å². The number of anilines is 1. The zero-order valence-corrected chi connectivity index (χ0v) is 20.7. The van der Waals surface area contributed by atoms with E-state index in [1.54, 1.807) is 30.5 Å². The van der Waals surface area contributed by atoms with Crippen LogP contribution in [0, 0.1) is 0 Å². The van der Waals surface area contributed by atoms with Crippen LogP contribution in [0.1, 0.15) is 0 Å². The van der Waals surface area contributed by atoms with Gasteiger partial charge in [0.05, 0.1) is 27.8 Å². The highest BCUT2D eigenvalue weighted by Crippen LogP contribution is 2.34. The molecule has 182 valence electrons. The number of aromatic nitrogens is 3. The Bertz CT molecular complexity index is 1720. The quantitative estimate of drug-likeness (QED) is 0.367. The average molecular weight is 499 g/mol. The maximum atomic E-state index is 13.5. The number of hydrogen-bond donors (Lipinski definition) is 2. The lowest BCUT2D eigenvalue weighted by molar-refractivity contribution is 0.360. The van der Waals surface area contributed by atoms with Crippen LogP contribution in [-0.4, -0.2) is 53.4 Å². The van der Waals surface area contributed by atoms with E-state index in [1.165, 1.54) is 4.31 Å². The Balaban J connectivity index is 1.53. The van der Waals surface area contributed by atoms with Gasteiger partial charge in [-0.2, -0.15) is 4.31 Å². The minimum atomic E-state index is -3.68. The third kappa shape index (κ3) is 3.81. The van der Waals surface area contributed by atoms with Crippen LogP contribution in [0.25, 0.3) is 44.3 Å². The molecule has 0 unspecified atom stereocenters. The van der Waals surface area contributed by atoms with E-state index < -0.39 is 10.0 Å². The predicted molar refractivity (Wildman–Crippen MR) is 143 cm³/mol. The van der Waals surface area contributed by atoms with Crippen LogP contribution in [0.3, 0.4) is 0 Å². The molecule has 3 N–H and O–H groups in total. The van der Waals surface area contributed by atoms with Crippen molar-refractivity contribution in [2.75, 3.05) is 31.9 Å². The highest BCUT2D eigenvalue weighted by Gasteiger charge is 2.28. The third-order valence-corrected chi connectivity index (χ3v) is 8.68. The number of sulfonamides is 1. The molecule has 6 rings (SSSR count). The molecule has 3 heterocycles. The Morgan fingerprint density at radius 3 is 2.61 bits per heavy atom. The zero-order valence-electron chi connectivity index (χ0n) is 19.8. The van der Waals surface area contributed by atoms with E-state index >= 15 is 0 Å². The van der Waals surface area contributed by atoms with Gasteiger partial charge < -0.3 is 15.6 Å². The summed E-state index contributed by atoms with van der Waals surface area (Å²) in [5, 5.41) is 4.35. The number of nitrogens with two attached hydrogens (primary N) is 1. The van der Waals surface area contributed by atoms with Gasteiger partial charge in [-0.25, -0.2) is 13.4 Å². The van der Waals surface area contributed by atoms with E-state index in [4.69, 9.17) is 10.7 Å². The Morgan fingerprint density at radius 1 is 0.972 bits per heavy atom. The van der Waals surface area contributed by atoms with Gasteiger partial charge in [0.15, 0.2) is 0 Å². The monoisotopic (exact) mass is 498 g/mol. The second kappa shape index (κ2) is 8.70. The number of aryl methyl sites for hydroxylation is 1. The van der Waals surface area contributed by atoms with E-state index in [2.05, 4.69) is 33.1 Å². The summed E-state index contributed by atoms with van der Waals surface area (Å²) in [6.07, 6.45) is 3.65. The van der Waals surface area contributed by atoms with Gasteiger partial charge in [0.2, 0.25) is 10.0 Å². The molecular weight excluding hydrogens is 472 g/mol. The standard InChI is InChI=1S/C27H26N6O2S/c1-32-11-8-18-6-7-19(14-25(18)32)22-15-20(28)16-23-27(22)31-24(17-30-23)21-4-2-3-5-26(21)36(34,35)33-12-9-29-10-13-33/h2-8,11,14-17,29H,9-10,12-13,28H2,1H3. The Kier molecular flexibility index (Phi) is 5.48. The van der Waals surface area contributed by atoms with Crippen molar-refractivity contribution in [3.05, 3.63) is 73.1 Å². The SMILES string of the molecule is Cn1ccc2ccc(-c3cc(N)cc4ncc(-c5ccccc5S(=O)(=O)N5CCNCC5)nc34)cc21. The van der Waals surface area contributed by atoms with Gasteiger partial charge in [-0.1, -0.05) is 30.3 Å². The zero-order chi connectivity index (χ0) is 24.9. The minimum Gasteiger partial charge on any atom is -0.399 e. The minimum absolute atomic E-state index is 0.239. The number of nitrogens with one attached hydrogen (secondary N) is 1. The largest absolute Gasteiger partial charge is 0.399 e. The molecule has 9 heteroatoms. The van der Waals surface area contributed by atoms with Gasteiger partial charge >= 0.3 is 0 Å². The number of nitrogen functional groups attached to an aromatic ring is 1. The third-order valence-electron chi connectivity index (χ3n) is 6.73. The van der Waals surface area contributed by atoms with Gasteiger partial charge in [-0.3, -0.25) is 4.98 Å². The number of fused-ring (bicyclic) bond motifs is 2. The summed E-state index contributed by atoms with van der Waals surface area (Å²) in [5.41, 5.74) is 12.1. The summed E-state index contributed by atoms with van der Waals surface area (Å²) >= 11 is 0. The van der Waals surface area contributed by atoms with Crippen LogP contribution in [0.4, 0.5) is 5.69 Å². The molecule has 5 aromatic rings. The molecule has 0 amide bonds. The molecule has 2 aromatic heterocycles. The number of rotatable bonds is 4. The van der Waals surface area contributed by atoms with Crippen molar-refractivity contribution >= 4 is 37.6 Å². The molecule has 8 nitrogen and oxygen atoms in total. The fourth-order valence-corrected chi connectivity index (χ4v) is 6.49. The van der Waals surface area contributed by atoms with Crippen LogP contribution in [0.15, 0.2) is 78.0 Å². The first-order valence-electron chi connectivity index (χ1n) is 11.8. The van der Waals surface area contributed by atoms with Crippen LogP contribution in [-0.2, 0) is 17.1 Å². The molecule has 0 radical (unpaired) electrons. The first-order valence-corrected chi connectivity index (χ1v) is 13.3. The molecule has 1 fully saturated rings. The van der Waals surface area contributed by atoms with Gasteiger partial charge in [0.1, 0.15) is 0 Å². The van der Waals surface area contributed by atoms with E-state index in [0.717, 1.165) is 22.0 Å². The molecular formula is C27H26N6O2S. The highest BCUT2D eigenvalue weighted by atomic mass is 32.2. The van der Waals surface area contributed by atoms with Crippen molar-refractivity contribution in [2.24, 2.45) is 7.05 Å². The molecule has 1 aliphatic rings. The van der Waals surface area contributed by atoms with E-state index in [0.29, 0.717) is 54.2 Å². The van der Waals surface area contributed by atoms with Gasteiger partial charge in [0, 0.05) is 61.8 Å². The lowest BCUT2D eigenvalue weighted by Gasteiger charge is -2.27. The summed E-state index contributed by atoms with van der Waals surface area (Å²) in [6.45, 7) is 2.14. The summed E-state index contributed by atoms with van der Waals surface area (Å²) in [5.74, 6) is 0. The molecule has 36 heavy (non-hydrogen) atoms. The van der Waals surface area contributed by atoms with E-state index in [9.17, 15) is 8.42 Å². The molecule has 1 saturated heterocycles. The van der Waals surface area contributed by atoms with Crippen molar-refractivity contribution in [1.82, 2.24) is 24.2 Å². The molecule has 0 saturated carbocycles. The number of nitrogens with zero attached hydrogens (tertiary/aromatic N) is 4. The molecule has 1 aliphatic heterocycles. The lowest BCUT2D eigenvalue weighted by Crippen LogP contribution is -2.46. The van der Waals surface area contributed by atoms with Crippen LogP contribution < -0.4 is 11.1 Å². The van der Waals surface area contributed by atoms with Crippen molar-refractivity contribution in [2.45, 2.75) is 4.90 Å². The summed E-state index contributed by atoms with van der Waals surface area (Å²) in [7, 11) is -1.67. The number of benzene rings is 3. The smallest absolute Gasteiger partial charge is 0.243 e. The Morgan fingerprint density at radius 2 is 1.78 bits per heavy atom. The van der Waals surface area contributed by atoms with Crippen molar-refractivity contribution < 1.29 is 8.42 Å². The topological polar surface area (TPSA) is 106 Å². The normalized spacial score (nSPS) is 15.0. The fraction of sp³-hybridized carbons (Fsp3) is 0.185. The second-order valence-corrected chi connectivity index (χ2v) is 10.9. The molecule has 0 atom stereocenters. The first kappa shape index (κ1) is 22.7. The number of hydrogen-bond acceptors (Lipinski definition) is 6. The van der Waals surface area contributed by atoms with Crippen LogP contribution in [0.5, 0.6) is 0 Å². The van der Waals surface area contributed by atoms with Gasteiger partial charge in [-0.05, 0) is 41.3 Å². The van der Waals surface area contributed by atoms with Gasteiger partial charge in [-0.15, -0.1) is 0 Å². The second-order valence-electron chi connectivity index (χ2n) is 9.04. The van der Waals surface area contributed by atoms with Crippen molar-refractivity contribution in [1.29, 1.82) is 0 Å². The van der Waals surface area contributed by atoms with Crippen LogP contribution >= 0.6 is 0 Å². The first-order chi connectivity index (χ1) is 17.4. The summed E-state index contributed by atoms with van der Waals surface area (Å²) in [4.78, 5) is 9.83. The number of piperazine rings is 1. The molecule has 0 spiro atoms. The average Bonchev–Trinajstić information content (AvgIpc) is 3.28. The highest BCUT2D eigenvalue weighted by molar-refractivity contribution is 7.89. The predicted octanol–water partition coefficient (Wildman–Crippen LogP) is 3.63.